The van der Waals surface area contributed by atoms with Crippen LogP contribution < -0.4 is 4.74 Å². The summed E-state index contributed by atoms with van der Waals surface area (Å²) < 4.78 is 5.13. The van der Waals surface area contributed by atoms with Crippen LogP contribution in [-0.2, 0) is 0 Å². The van der Waals surface area contributed by atoms with Crippen LogP contribution in [0.1, 0.15) is 47.7 Å². The summed E-state index contributed by atoms with van der Waals surface area (Å²) in [6, 6.07) is 1.59. The molecular formula is C11H14N2O3. The number of carboxylic acid groups (broad SMARTS) is 1. The minimum absolute atomic E-state index is 0.0114. The van der Waals surface area contributed by atoms with E-state index >= 15 is 0 Å². The Hall–Kier alpha value is -1.65. The Morgan fingerprint density at radius 2 is 2.12 bits per heavy atom. The fourth-order valence-electron chi connectivity index (χ4n) is 2.19. The van der Waals surface area contributed by atoms with Gasteiger partial charge in [0.05, 0.1) is 7.11 Å². The molecule has 0 radical (unpaired) electrons. The number of carbonyl (C=O) groups is 1. The molecule has 5 nitrogen and oxygen atoms in total. The van der Waals surface area contributed by atoms with Crippen molar-refractivity contribution < 1.29 is 14.6 Å². The first-order valence-electron chi connectivity index (χ1n) is 5.37. The molecule has 5 heteroatoms. The Morgan fingerprint density at radius 1 is 1.44 bits per heavy atom. The van der Waals surface area contributed by atoms with Crippen molar-refractivity contribution in [1.29, 1.82) is 0 Å². The van der Waals surface area contributed by atoms with Crippen molar-refractivity contribution in [1.82, 2.24) is 10.2 Å². The van der Waals surface area contributed by atoms with E-state index in [9.17, 15) is 4.79 Å². The maximum Gasteiger partial charge on any atom is 0.356 e. The van der Waals surface area contributed by atoms with Crippen LogP contribution >= 0.6 is 0 Å². The van der Waals surface area contributed by atoms with Gasteiger partial charge in [0.2, 0.25) is 5.88 Å². The first-order chi connectivity index (χ1) is 7.72. The van der Waals surface area contributed by atoms with Crippen molar-refractivity contribution in [3.8, 4) is 5.88 Å². The van der Waals surface area contributed by atoms with Gasteiger partial charge in [0, 0.05) is 5.56 Å². The molecule has 0 unspecified atom stereocenters. The molecule has 1 aliphatic rings. The van der Waals surface area contributed by atoms with Crippen molar-refractivity contribution in [3.63, 3.8) is 0 Å². The van der Waals surface area contributed by atoms with Gasteiger partial charge in [-0.1, -0.05) is 12.8 Å². The predicted molar refractivity (Wildman–Crippen MR) is 56.8 cm³/mol. The molecular weight excluding hydrogens is 208 g/mol. The van der Waals surface area contributed by atoms with E-state index in [1.54, 1.807) is 6.07 Å². The monoisotopic (exact) mass is 222 g/mol. The number of rotatable bonds is 3. The number of ether oxygens (including phenoxy) is 1. The largest absolute Gasteiger partial charge is 0.480 e. The van der Waals surface area contributed by atoms with Gasteiger partial charge in [-0.05, 0) is 24.8 Å². The Balaban J connectivity index is 2.38. The maximum absolute atomic E-state index is 10.8. The lowest BCUT2D eigenvalue weighted by molar-refractivity contribution is 0.0688. The van der Waals surface area contributed by atoms with Crippen molar-refractivity contribution in [2.75, 3.05) is 7.11 Å². The van der Waals surface area contributed by atoms with Crippen molar-refractivity contribution in [2.45, 2.75) is 31.6 Å². The van der Waals surface area contributed by atoms with Crippen LogP contribution in [0.25, 0.3) is 0 Å². The van der Waals surface area contributed by atoms with Crippen molar-refractivity contribution in [3.05, 3.63) is 17.3 Å². The fourth-order valence-corrected chi connectivity index (χ4v) is 2.19. The molecule has 1 aromatic heterocycles. The summed E-state index contributed by atoms with van der Waals surface area (Å²) in [5.74, 6) is -0.227. The molecule has 2 rings (SSSR count). The summed E-state index contributed by atoms with van der Waals surface area (Å²) in [7, 11) is 1.53. The minimum Gasteiger partial charge on any atom is -0.480 e. The minimum atomic E-state index is -1.05. The Labute approximate surface area is 93.5 Å². The molecule has 0 aliphatic heterocycles. The van der Waals surface area contributed by atoms with E-state index in [2.05, 4.69) is 10.2 Å². The Bertz CT molecular complexity index is 400. The lowest BCUT2D eigenvalue weighted by Crippen LogP contribution is -2.07. The molecule has 1 aliphatic carbocycles. The van der Waals surface area contributed by atoms with E-state index < -0.39 is 5.97 Å². The van der Waals surface area contributed by atoms with Gasteiger partial charge >= 0.3 is 5.97 Å². The first kappa shape index (κ1) is 10.9. The molecule has 1 fully saturated rings. The summed E-state index contributed by atoms with van der Waals surface area (Å²) in [6.45, 7) is 0. The van der Waals surface area contributed by atoms with Crippen LogP contribution in [-0.4, -0.2) is 28.4 Å². The molecule has 86 valence electrons. The lowest BCUT2D eigenvalue weighted by atomic mass is 9.98. The number of aromatic carboxylic acids is 1. The molecule has 0 aromatic carbocycles. The zero-order valence-electron chi connectivity index (χ0n) is 9.14. The zero-order chi connectivity index (χ0) is 11.5. The number of carboxylic acids is 1. The zero-order valence-corrected chi connectivity index (χ0v) is 9.14. The average molecular weight is 222 g/mol. The van der Waals surface area contributed by atoms with Gasteiger partial charge in [-0.3, -0.25) is 0 Å². The highest BCUT2D eigenvalue weighted by molar-refractivity contribution is 5.85. The number of hydrogen-bond acceptors (Lipinski definition) is 4. The van der Waals surface area contributed by atoms with Gasteiger partial charge in [-0.2, -0.15) is 0 Å². The van der Waals surface area contributed by atoms with Gasteiger partial charge in [0.25, 0.3) is 0 Å². The maximum atomic E-state index is 10.8. The van der Waals surface area contributed by atoms with Crippen molar-refractivity contribution in [2.24, 2.45) is 0 Å². The summed E-state index contributed by atoms with van der Waals surface area (Å²) in [5.41, 5.74) is 0.870. The third kappa shape index (κ3) is 1.98. The number of nitrogens with zero attached hydrogens (tertiary/aromatic N) is 2. The van der Waals surface area contributed by atoms with E-state index in [0.29, 0.717) is 11.8 Å². The Kier molecular flexibility index (Phi) is 3.03. The second kappa shape index (κ2) is 4.47. The molecule has 0 bridgehead atoms. The third-order valence-electron chi connectivity index (χ3n) is 3.00. The molecule has 1 N–H and O–H groups in total. The third-order valence-corrected chi connectivity index (χ3v) is 3.00. The molecule has 1 heterocycles. The highest BCUT2D eigenvalue weighted by atomic mass is 16.5. The summed E-state index contributed by atoms with van der Waals surface area (Å²) in [4.78, 5) is 10.8. The van der Waals surface area contributed by atoms with E-state index in [-0.39, 0.29) is 5.69 Å². The lowest BCUT2D eigenvalue weighted by Gasteiger charge is -2.12. The summed E-state index contributed by atoms with van der Waals surface area (Å²) in [6.07, 6.45) is 4.50. The van der Waals surface area contributed by atoms with E-state index in [1.165, 1.54) is 20.0 Å². The molecule has 0 spiro atoms. The highest BCUT2D eigenvalue weighted by Crippen LogP contribution is 2.37. The van der Waals surface area contributed by atoms with Gasteiger partial charge in [0.1, 0.15) is 0 Å². The molecule has 0 amide bonds. The van der Waals surface area contributed by atoms with Gasteiger partial charge in [-0.15, -0.1) is 10.2 Å². The number of hydrogen-bond donors (Lipinski definition) is 1. The van der Waals surface area contributed by atoms with Crippen LogP contribution in [0.4, 0.5) is 0 Å². The number of methoxy groups -OCH3 is 1. The summed E-state index contributed by atoms with van der Waals surface area (Å²) >= 11 is 0. The molecule has 0 saturated heterocycles. The highest BCUT2D eigenvalue weighted by Gasteiger charge is 2.23. The first-order valence-corrected chi connectivity index (χ1v) is 5.37. The molecule has 16 heavy (non-hydrogen) atoms. The van der Waals surface area contributed by atoms with Gasteiger partial charge < -0.3 is 9.84 Å². The van der Waals surface area contributed by atoms with Crippen LogP contribution in [0.3, 0.4) is 0 Å². The van der Waals surface area contributed by atoms with Crippen LogP contribution in [0.5, 0.6) is 5.88 Å². The fraction of sp³-hybridized carbons (Fsp3) is 0.545. The van der Waals surface area contributed by atoms with E-state index in [4.69, 9.17) is 9.84 Å². The SMILES string of the molecule is COc1nnc(C(=O)O)cc1C1CCCC1. The standard InChI is InChI=1S/C11H14N2O3/c1-16-10-8(7-4-2-3-5-7)6-9(11(14)15)12-13-10/h6-7H,2-5H2,1H3,(H,14,15). The quantitative estimate of drug-likeness (QED) is 0.844. The van der Waals surface area contributed by atoms with Gasteiger partial charge in [-0.25, -0.2) is 4.79 Å². The van der Waals surface area contributed by atoms with E-state index in [0.717, 1.165) is 18.4 Å². The van der Waals surface area contributed by atoms with Crippen LogP contribution in [0, 0.1) is 0 Å². The Morgan fingerprint density at radius 3 is 2.69 bits per heavy atom. The van der Waals surface area contributed by atoms with Gasteiger partial charge in [0.15, 0.2) is 5.69 Å². The molecule has 1 saturated carbocycles. The van der Waals surface area contributed by atoms with Crippen LogP contribution in [0.15, 0.2) is 6.07 Å². The summed E-state index contributed by atoms with van der Waals surface area (Å²) in [5, 5.41) is 16.3. The topological polar surface area (TPSA) is 72.3 Å². The second-order valence-corrected chi connectivity index (χ2v) is 3.98. The average Bonchev–Trinajstić information content (AvgIpc) is 2.81. The predicted octanol–water partition coefficient (Wildman–Crippen LogP) is 1.84. The molecule has 0 atom stereocenters. The van der Waals surface area contributed by atoms with Crippen molar-refractivity contribution >= 4 is 5.97 Å². The smallest absolute Gasteiger partial charge is 0.356 e. The van der Waals surface area contributed by atoms with Crippen LogP contribution in [0.2, 0.25) is 0 Å². The molecule has 1 aromatic rings. The second-order valence-electron chi connectivity index (χ2n) is 3.98. The number of aromatic nitrogens is 2. The van der Waals surface area contributed by atoms with E-state index in [1.807, 2.05) is 0 Å². The normalized spacial score (nSPS) is 16.3.